The van der Waals surface area contributed by atoms with Gasteiger partial charge in [0.25, 0.3) is 0 Å². The molecule has 3 aliphatic rings. The van der Waals surface area contributed by atoms with Crippen molar-refractivity contribution in [3.05, 3.63) is 12.3 Å². The second-order valence-corrected chi connectivity index (χ2v) is 4.93. The highest BCUT2D eigenvalue weighted by Crippen LogP contribution is 2.59. The fourth-order valence-electron chi connectivity index (χ4n) is 3.58. The van der Waals surface area contributed by atoms with Gasteiger partial charge in [-0.15, -0.1) is 0 Å². The summed E-state index contributed by atoms with van der Waals surface area (Å²) in [5.41, 5.74) is -0.0580. The molecule has 5 atom stereocenters. The van der Waals surface area contributed by atoms with E-state index in [-0.39, 0.29) is 11.5 Å². The molecule has 0 spiro atoms. The minimum atomic E-state index is -0.0580. The Bertz CT molecular complexity index is 288. The lowest BCUT2D eigenvalue weighted by Crippen LogP contribution is -2.53. The van der Waals surface area contributed by atoms with Gasteiger partial charge in [-0.25, -0.2) is 0 Å². The van der Waals surface area contributed by atoms with Crippen LogP contribution in [-0.2, 0) is 9.47 Å². The second kappa shape index (κ2) is 2.52. The molecule has 2 heterocycles. The van der Waals surface area contributed by atoms with E-state index in [1.54, 1.807) is 0 Å². The van der Waals surface area contributed by atoms with E-state index in [0.29, 0.717) is 23.5 Å². The largest absolute Gasteiger partial charge is 0.513 e. The molecule has 78 valence electrons. The molecule has 2 aliphatic heterocycles. The van der Waals surface area contributed by atoms with Crippen LogP contribution in [0.4, 0.5) is 0 Å². The van der Waals surface area contributed by atoms with Crippen molar-refractivity contribution >= 4 is 0 Å². The molecule has 0 aromatic heterocycles. The molecule has 0 aromatic rings. The van der Waals surface area contributed by atoms with Crippen molar-refractivity contribution in [1.82, 2.24) is 0 Å². The van der Waals surface area contributed by atoms with Crippen molar-refractivity contribution in [2.75, 3.05) is 19.8 Å². The van der Waals surface area contributed by atoms with E-state index in [1.165, 1.54) is 0 Å². The lowest BCUT2D eigenvalue weighted by atomic mass is 9.79. The molecule has 3 heteroatoms. The van der Waals surface area contributed by atoms with E-state index in [0.717, 1.165) is 19.8 Å². The normalized spacial score (nSPS) is 54.9. The Hall–Kier alpha value is -0.540. The minimum Gasteiger partial charge on any atom is -0.513 e. The van der Waals surface area contributed by atoms with Crippen LogP contribution in [0.15, 0.2) is 12.3 Å². The average Bonchev–Trinajstić information content (AvgIpc) is 2.62. The molecule has 3 fully saturated rings. The van der Waals surface area contributed by atoms with E-state index >= 15 is 0 Å². The summed E-state index contributed by atoms with van der Waals surface area (Å²) in [7, 11) is 0. The summed E-state index contributed by atoms with van der Waals surface area (Å²) >= 11 is 0. The van der Waals surface area contributed by atoms with Gasteiger partial charge in [0, 0.05) is 23.7 Å². The first-order chi connectivity index (χ1) is 6.64. The number of hydrogen-bond donors (Lipinski definition) is 1. The Morgan fingerprint density at radius 1 is 1.36 bits per heavy atom. The van der Waals surface area contributed by atoms with Crippen LogP contribution in [0.5, 0.6) is 0 Å². The highest BCUT2D eigenvalue weighted by atomic mass is 16.5. The monoisotopic (exact) mass is 196 g/mol. The van der Waals surface area contributed by atoms with Gasteiger partial charge in [0.05, 0.1) is 31.2 Å². The van der Waals surface area contributed by atoms with Crippen LogP contribution in [0, 0.1) is 23.7 Å². The lowest BCUT2D eigenvalue weighted by Gasteiger charge is -2.46. The van der Waals surface area contributed by atoms with Gasteiger partial charge in [-0.05, 0) is 6.92 Å². The maximum atomic E-state index is 9.63. The van der Waals surface area contributed by atoms with E-state index in [1.807, 2.05) is 0 Å². The molecule has 2 saturated heterocycles. The summed E-state index contributed by atoms with van der Waals surface area (Å²) in [6.45, 7) is 8.15. The van der Waals surface area contributed by atoms with E-state index < -0.39 is 0 Å². The first kappa shape index (κ1) is 8.74. The zero-order valence-electron chi connectivity index (χ0n) is 8.40. The average molecular weight is 196 g/mol. The molecule has 14 heavy (non-hydrogen) atoms. The van der Waals surface area contributed by atoms with E-state index in [9.17, 15) is 5.11 Å². The third kappa shape index (κ3) is 0.805. The molecule has 3 rings (SSSR count). The van der Waals surface area contributed by atoms with Gasteiger partial charge >= 0.3 is 0 Å². The Kier molecular flexibility index (Phi) is 1.58. The van der Waals surface area contributed by atoms with Gasteiger partial charge in [0.2, 0.25) is 0 Å². The quantitative estimate of drug-likeness (QED) is 0.643. The van der Waals surface area contributed by atoms with E-state index in [2.05, 4.69) is 13.5 Å². The van der Waals surface area contributed by atoms with Gasteiger partial charge in [-0.2, -0.15) is 0 Å². The standard InChI is InChI=1S/C11H16O3/c1-6(12)10-7-3-13-4-8(7)11(2)9(10)5-14-11/h7-10,12H,1,3-5H2,2H3/t7-,8+,9+,10?,11-/m0/s1. The minimum absolute atomic E-state index is 0.0580. The molecule has 1 saturated carbocycles. The fourth-order valence-corrected chi connectivity index (χ4v) is 3.58. The zero-order chi connectivity index (χ0) is 9.92. The summed E-state index contributed by atoms with van der Waals surface area (Å²) in [4.78, 5) is 0. The Morgan fingerprint density at radius 3 is 2.71 bits per heavy atom. The topological polar surface area (TPSA) is 38.7 Å². The number of rotatable bonds is 1. The maximum Gasteiger partial charge on any atom is 0.0890 e. The fraction of sp³-hybridized carbons (Fsp3) is 0.818. The highest BCUT2D eigenvalue weighted by Gasteiger charge is 2.66. The van der Waals surface area contributed by atoms with Crippen LogP contribution in [0.2, 0.25) is 0 Å². The third-order valence-corrected chi connectivity index (χ3v) is 4.45. The van der Waals surface area contributed by atoms with Crippen LogP contribution in [0.25, 0.3) is 0 Å². The zero-order valence-corrected chi connectivity index (χ0v) is 8.40. The SMILES string of the molecule is C=C(O)C1[C@H]2COC[C@H]2[C@]2(C)OC[C@H]12. The van der Waals surface area contributed by atoms with Crippen LogP contribution < -0.4 is 0 Å². The van der Waals surface area contributed by atoms with Gasteiger partial charge in [-0.3, -0.25) is 0 Å². The van der Waals surface area contributed by atoms with Crippen molar-refractivity contribution < 1.29 is 14.6 Å². The molecule has 1 N–H and O–H groups in total. The van der Waals surface area contributed by atoms with Crippen molar-refractivity contribution in [2.45, 2.75) is 12.5 Å². The number of fused-ring (bicyclic) bond motifs is 3. The van der Waals surface area contributed by atoms with Crippen molar-refractivity contribution in [3.63, 3.8) is 0 Å². The second-order valence-electron chi connectivity index (χ2n) is 4.93. The summed E-state index contributed by atoms with van der Waals surface area (Å²) in [6, 6.07) is 0. The number of hydrogen-bond acceptors (Lipinski definition) is 3. The molecule has 1 aliphatic carbocycles. The summed E-state index contributed by atoms with van der Waals surface area (Å²) in [5, 5.41) is 9.63. The summed E-state index contributed by atoms with van der Waals surface area (Å²) < 4.78 is 11.2. The lowest BCUT2D eigenvalue weighted by molar-refractivity contribution is -0.207. The summed E-state index contributed by atoms with van der Waals surface area (Å²) in [6.07, 6.45) is 0. The van der Waals surface area contributed by atoms with Gasteiger partial charge in [0.1, 0.15) is 0 Å². The molecule has 1 unspecified atom stereocenters. The van der Waals surface area contributed by atoms with E-state index in [4.69, 9.17) is 9.47 Å². The number of allylic oxidation sites excluding steroid dienone is 1. The number of aliphatic hydroxyl groups is 1. The molecular weight excluding hydrogens is 180 g/mol. The van der Waals surface area contributed by atoms with Gasteiger partial charge < -0.3 is 14.6 Å². The summed E-state index contributed by atoms with van der Waals surface area (Å²) in [5.74, 6) is 1.85. The van der Waals surface area contributed by atoms with Gasteiger partial charge in [0.15, 0.2) is 0 Å². The Balaban J connectivity index is 1.97. The molecule has 0 amide bonds. The smallest absolute Gasteiger partial charge is 0.0890 e. The van der Waals surface area contributed by atoms with Crippen molar-refractivity contribution in [2.24, 2.45) is 23.7 Å². The predicted octanol–water partition coefficient (Wildman–Crippen LogP) is 1.36. The first-order valence-electron chi connectivity index (χ1n) is 5.24. The van der Waals surface area contributed by atoms with Crippen LogP contribution in [0.3, 0.4) is 0 Å². The highest BCUT2D eigenvalue weighted by molar-refractivity contribution is 5.17. The van der Waals surface area contributed by atoms with Crippen LogP contribution in [0.1, 0.15) is 6.92 Å². The number of aliphatic hydroxyl groups excluding tert-OH is 1. The molecule has 0 bridgehead atoms. The molecule has 0 radical (unpaired) electrons. The molecular formula is C11H16O3. The van der Waals surface area contributed by atoms with Crippen molar-refractivity contribution in [1.29, 1.82) is 0 Å². The van der Waals surface area contributed by atoms with Crippen LogP contribution >= 0.6 is 0 Å². The van der Waals surface area contributed by atoms with Crippen molar-refractivity contribution in [3.8, 4) is 0 Å². The van der Waals surface area contributed by atoms with Gasteiger partial charge in [-0.1, -0.05) is 6.58 Å². The first-order valence-corrected chi connectivity index (χ1v) is 5.24. The Morgan fingerprint density at radius 2 is 2.14 bits per heavy atom. The predicted molar refractivity (Wildman–Crippen MR) is 50.9 cm³/mol. The Labute approximate surface area is 83.7 Å². The molecule has 0 aromatic carbocycles. The molecule has 3 nitrogen and oxygen atoms in total. The third-order valence-electron chi connectivity index (χ3n) is 4.45. The maximum absolute atomic E-state index is 9.63. The van der Waals surface area contributed by atoms with Crippen LogP contribution in [-0.4, -0.2) is 30.5 Å². The number of ether oxygens (including phenoxy) is 2.